The maximum Gasteiger partial charge on any atom is 0.248 e. The minimum Gasteiger partial charge on any atom is -0.497 e. The molecule has 0 saturated carbocycles. The van der Waals surface area contributed by atoms with Gasteiger partial charge in [0.1, 0.15) is 5.75 Å². The van der Waals surface area contributed by atoms with Crippen LogP contribution in [0.1, 0.15) is 21.9 Å². The Kier molecular flexibility index (Phi) is 5.79. The number of amides is 1. The third kappa shape index (κ3) is 4.11. The van der Waals surface area contributed by atoms with Gasteiger partial charge in [0.25, 0.3) is 0 Å². The summed E-state index contributed by atoms with van der Waals surface area (Å²) in [6.45, 7) is 1.54. The Morgan fingerprint density at radius 3 is 2.59 bits per heavy atom. The van der Waals surface area contributed by atoms with Crippen LogP contribution in [-0.4, -0.2) is 56.0 Å². The van der Waals surface area contributed by atoms with Crippen LogP contribution >= 0.6 is 11.8 Å². The number of carbonyl (C=O) groups is 1. The highest BCUT2D eigenvalue weighted by Crippen LogP contribution is 2.48. The molecule has 0 aromatic heterocycles. The van der Waals surface area contributed by atoms with Crippen LogP contribution in [0.2, 0.25) is 0 Å². The third-order valence-corrected chi connectivity index (χ3v) is 6.79. The Balaban J connectivity index is 1.74. The minimum atomic E-state index is 0.0364. The first-order chi connectivity index (χ1) is 14.1. The molecular formula is C24H26N2O2S. The lowest BCUT2D eigenvalue weighted by Gasteiger charge is -2.36. The summed E-state index contributed by atoms with van der Waals surface area (Å²) in [4.78, 5) is 18.4. The quantitative estimate of drug-likeness (QED) is 0.741. The van der Waals surface area contributed by atoms with Gasteiger partial charge in [-0.1, -0.05) is 48.6 Å². The molecule has 2 aliphatic rings. The van der Waals surface area contributed by atoms with E-state index in [0.29, 0.717) is 6.54 Å². The lowest BCUT2D eigenvalue weighted by atomic mass is 9.92. The van der Waals surface area contributed by atoms with Gasteiger partial charge in [0.2, 0.25) is 5.91 Å². The number of hydrogen-bond acceptors (Lipinski definition) is 4. The van der Waals surface area contributed by atoms with E-state index in [1.54, 1.807) is 24.9 Å². The molecule has 4 rings (SSSR count). The molecule has 2 atom stereocenters. The number of fused-ring (bicyclic) bond motifs is 3. The molecule has 29 heavy (non-hydrogen) atoms. The number of thioether (sulfide) groups is 1. The Morgan fingerprint density at radius 2 is 1.86 bits per heavy atom. The lowest BCUT2D eigenvalue weighted by molar-refractivity contribution is -0.127. The molecule has 1 aliphatic carbocycles. The molecule has 0 fully saturated rings. The van der Waals surface area contributed by atoms with Crippen LogP contribution in [0, 0.1) is 0 Å². The van der Waals surface area contributed by atoms with Crippen molar-refractivity contribution in [2.45, 2.75) is 11.3 Å². The van der Waals surface area contributed by atoms with E-state index in [2.05, 4.69) is 41.3 Å². The molecule has 2 unspecified atom stereocenters. The summed E-state index contributed by atoms with van der Waals surface area (Å²) in [5.41, 5.74) is 3.57. The molecule has 0 saturated heterocycles. The Labute approximate surface area is 176 Å². The van der Waals surface area contributed by atoms with Crippen molar-refractivity contribution in [3.8, 4) is 5.75 Å². The van der Waals surface area contributed by atoms with Gasteiger partial charge in [-0.15, -0.1) is 11.8 Å². The van der Waals surface area contributed by atoms with E-state index < -0.39 is 0 Å². The number of likely N-dealkylation sites (N-methyl/N-ethyl adjacent to an activating group) is 1. The van der Waals surface area contributed by atoms with E-state index in [0.717, 1.165) is 22.8 Å². The summed E-state index contributed by atoms with van der Waals surface area (Å²) in [5.74, 6) is 0.887. The molecule has 1 amide bonds. The Hall–Kier alpha value is -2.50. The molecule has 1 aliphatic heterocycles. The first-order valence-electron chi connectivity index (χ1n) is 9.82. The van der Waals surface area contributed by atoms with Gasteiger partial charge < -0.3 is 14.5 Å². The van der Waals surface area contributed by atoms with E-state index in [1.165, 1.54) is 11.1 Å². The second-order valence-electron chi connectivity index (χ2n) is 7.59. The van der Waals surface area contributed by atoms with Crippen molar-refractivity contribution in [3.63, 3.8) is 0 Å². The molecule has 2 aromatic rings. The largest absolute Gasteiger partial charge is 0.497 e. The average Bonchev–Trinajstić information content (AvgIpc) is 2.88. The standard InChI is InChI=1S/C24H26N2O2S/c1-25(2)14-15-26-21-13-10-17-6-4-5-7-20(17)24(21)29-22(16-23(26)27)18-8-11-19(28-3)12-9-18/h4-13,16,21,24H,14-15H2,1-3H3. The van der Waals surface area contributed by atoms with Gasteiger partial charge in [-0.05, 0) is 42.9 Å². The van der Waals surface area contributed by atoms with Crippen LogP contribution in [0.5, 0.6) is 5.75 Å². The monoisotopic (exact) mass is 406 g/mol. The Bertz CT molecular complexity index is 950. The van der Waals surface area contributed by atoms with Gasteiger partial charge in [-0.3, -0.25) is 4.79 Å². The normalized spacial score (nSPS) is 20.8. The van der Waals surface area contributed by atoms with Gasteiger partial charge >= 0.3 is 0 Å². The van der Waals surface area contributed by atoms with Gasteiger partial charge in [0.15, 0.2) is 0 Å². The topological polar surface area (TPSA) is 32.8 Å². The number of benzene rings is 2. The summed E-state index contributed by atoms with van der Waals surface area (Å²) in [6.07, 6.45) is 6.15. The number of hydrogen-bond donors (Lipinski definition) is 0. The summed E-state index contributed by atoms with van der Waals surface area (Å²) in [7, 11) is 5.75. The number of methoxy groups -OCH3 is 1. The van der Waals surface area contributed by atoms with Crippen LogP contribution < -0.4 is 4.74 Å². The molecule has 0 radical (unpaired) electrons. The summed E-state index contributed by atoms with van der Waals surface area (Å²) in [5, 5.41) is 0.165. The average molecular weight is 407 g/mol. The highest BCUT2D eigenvalue weighted by atomic mass is 32.2. The van der Waals surface area contributed by atoms with Crippen molar-refractivity contribution < 1.29 is 9.53 Å². The van der Waals surface area contributed by atoms with Crippen molar-refractivity contribution in [2.75, 3.05) is 34.3 Å². The second-order valence-corrected chi connectivity index (χ2v) is 8.77. The number of nitrogens with zero attached hydrogens (tertiary/aromatic N) is 2. The Morgan fingerprint density at radius 1 is 1.10 bits per heavy atom. The zero-order valence-corrected chi connectivity index (χ0v) is 17.9. The van der Waals surface area contributed by atoms with E-state index in [4.69, 9.17) is 4.74 Å². The molecule has 4 nitrogen and oxygen atoms in total. The fourth-order valence-electron chi connectivity index (χ4n) is 3.80. The summed E-state index contributed by atoms with van der Waals surface area (Å²) < 4.78 is 5.29. The van der Waals surface area contributed by atoms with Crippen molar-refractivity contribution in [1.29, 1.82) is 0 Å². The fraction of sp³-hybridized carbons (Fsp3) is 0.292. The number of rotatable bonds is 5. The zero-order valence-electron chi connectivity index (χ0n) is 17.0. The zero-order chi connectivity index (χ0) is 20.4. The minimum absolute atomic E-state index is 0.0364. The van der Waals surface area contributed by atoms with Gasteiger partial charge in [-0.2, -0.15) is 0 Å². The molecule has 1 heterocycles. The molecule has 2 aromatic carbocycles. The van der Waals surface area contributed by atoms with Crippen LogP contribution in [0.15, 0.2) is 60.7 Å². The second kappa shape index (κ2) is 8.47. The molecule has 5 heteroatoms. The molecule has 150 valence electrons. The van der Waals surface area contributed by atoms with E-state index in [1.807, 2.05) is 43.3 Å². The summed E-state index contributed by atoms with van der Waals surface area (Å²) in [6, 6.07) is 16.5. The van der Waals surface area contributed by atoms with E-state index in [-0.39, 0.29) is 17.2 Å². The maximum absolute atomic E-state index is 13.3. The van der Waals surface area contributed by atoms with Crippen LogP contribution in [-0.2, 0) is 4.79 Å². The molecule has 0 spiro atoms. The highest BCUT2D eigenvalue weighted by Gasteiger charge is 2.36. The number of carbonyl (C=O) groups excluding carboxylic acids is 1. The van der Waals surface area contributed by atoms with Crippen molar-refractivity contribution >= 4 is 28.7 Å². The van der Waals surface area contributed by atoms with E-state index in [9.17, 15) is 4.79 Å². The van der Waals surface area contributed by atoms with Crippen molar-refractivity contribution in [1.82, 2.24) is 9.80 Å². The first kappa shape index (κ1) is 19.8. The first-order valence-corrected chi connectivity index (χ1v) is 10.7. The predicted molar refractivity (Wildman–Crippen MR) is 121 cm³/mol. The van der Waals surface area contributed by atoms with Crippen LogP contribution in [0.4, 0.5) is 0 Å². The molecule has 0 N–H and O–H groups in total. The van der Waals surface area contributed by atoms with Crippen LogP contribution in [0.3, 0.4) is 0 Å². The van der Waals surface area contributed by atoms with Gasteiger partial charge in [0, 0.05) is 24.1 Å². The van der Waals surface area contributed by atoms with E-state index >= 15 is 0 Å². The fourth-order valence-corrected chi connectivity index (χ4v) is 5.23. The third-order valence-electron chi connectivity index (χ3n) is 5.40. The molecule has 0 bridgehead atoms. The smallest absolute Gasteiger partial charge is 0.248 e. The predicted octanol–water partition coefficient (Wildman–Crippen LogP) is 4.31. The van der Waals surface area contributed by atoms with Gasteiger partial charge in [-0.25, -0.2) is 0 Å². The molecular weight excluding hydrogens is 380 g/mol. The van der Waals surface area contributed by atoms with Crippen molar-refractivity contribution in [3.05, 3.63) is 77.4 Å². The van der Waals surface area contributed by atoms with Crippen molar-refractivity contribution in [2.24, 2.45) is 0 Å². The SMILES string of the molecule is COc1ccc(C2=CC(=O)N(CCN(C)C)C3C=Cc4ccccc4C3S2)cc1. The van der Waals surface area contributed by atoms with Crippen LogP contribution in [0.25, 0.3) is 11.0 Å². The van der Waals surface area contributed by atoms with Gasteiger partial charge in [0.05, 0.1) is 18.4 Å². The summed E-state index contributed by atoms with van der Waals surface area (Å²) >= 11 is 1.78. The highest BCUT2D eigenvalue weighted by molar-refractivity contribution is 8.08. The maximum atomic E-state index is 13.3. The lowest BCUT2D eigenvalue weighted by Crippen LogP contribution is -2.44. The number of ether oxygens (including phenoxy) is 1.